The summed E-state index contributed by atoms with van der Waals surface area (Å²) < 4.78 is 2.65. The Kier molecular flexibility index (Phi) is 3.29. The third-order valence-corrected chi connectivity index (χ3v) is 3.09. The number of nitriles is 1. The third-order valence-electron chi connectivity index (χ3n) is 2.71. The van der Waals surface area contributed by atoms with Gasteiger partial charge in [-0.2, -0.15) is 5.26 Å². The number of aromatic nitrogens is 3. The number of hydrogen-bond acceptors (Lipinski definition) is 4. The van der Waals surface area contributed by atoms with Crippen LogP contribution >= 0.6 is 15.9 Å². The van der Waals surface area contributed by atoms with Crippen molar-refractivity contribution >= 4 is 27.4 Å². The minimum absolute atomic E-state index is 0.0994. The van der Waals surface area contributed by atoms with E-state index < -0.39 is 0 Å². The second kappa shape index (κ2) is 4.72. The lowest BCUT2D eigenvalue weighted by molar-refractivity contribution is 0.693. The van der Waals surface area contributed by atoms with Gasteiger partial charge in [0.25, 0.3) is 0 Å². The molecule has 0 aliphatic rings. The summed E-state index contributed by atoms with van der Waals surface area (Å²) >= 11 is 3.37. The minimum Gasteiger partial charge on any atom is -0.353 e. The van der Waals surface area contributed by atoms with Crippen LogP contribution in [0, 0.1) is 11.3 Å². The first-order valence-corrected chi connectivity index (χ1v) is 6.01. The molecule has 1 unspecified atom stereocenters. The van der Waals surface area contributed by atoms with Gasteiger partial charge in [-0.05, 0) is 22.9 Å². The van der Waals surface area contributed by atoms with Gasteiger partial charge in [0, 0.05) is 31.7 Å². The normalized spacial score (nSPS) is 12.4. The van der Waals surface area contributed by atoms with Crippen LogP contribution in [0.25, 0.3) is 5.65 Å². The second-order valence-electron chi connectivity index (χ2n) is 3.87. The van der Waals surface area contributed by atoms with E-state index in [9.17, 15) is 0 Å². The van der Waals surface area contributed by atoms with Crippen LogP contribution in [0.4, 0.5) is 5.82 Å². The largest absolute Gasteiger partial charge is 0.353 e. The molecule has 17 heavy (non-hydrogen) atoms. The molecule has 0 radical (unpaired) electrons. The Balaban J connectivity index is 2.47. The van der Waals surface area contributed by atoms with Gasteiger partial charge in [0.1, 0.15) is 4.60 Å². The molecule has 2 aromatic rings. The zero-order valence-corrected chi connectivity index (χ0v) is 11.2. The van der Waals surface area contributed by atoms with E-state index in [4.69, 9.17) is 5.26 Å². The molecule has 6 heteroatoms. The highest BCUT2D eigenvalue weighted by Gasteiger charge is 2.16. The van der Waals surface area contributed by atoms with E-state index in [0.717, 1.165) is 16.1 Å². The molecule has 0 spiro atoms. The Morgan fingerprint density at radius 3 is 3.12 bits per heavy atom. The van der Waals surface area contributed by atoms with Crippen molar-refractivity contribution in [3.05, 3.63) is 23.2 Å². The Bertz CT molecular complexity index is 571. The van der Waals surface area contributed by atoms with Gasteiger partial charge >= 0.3 is 0 Å². The molecule has 1 atom stereocenters. The Labute approximate surface area is 108 Å². The van der Waals surface area contributed by atoms with E-state index in [2.05, 4.69) is 32.0 Å². The van der Waals surface area contributed by atoms with Gasteiger partial charge in [0.15, 0.2) is 11.5 Å². The fourth-order valence-corrected chi connectivity index (χ4v) is 1.99. The first kappa shape index (κ1) is 11.9. The number of nitrogens with zero attached hydrogens (tertiary/aromatic N) is 5. The molecule has 88 valence electrons. The van der Waals surface area contributed by atoms with Crippen molar-refractivity contribution in [3.8, 4) is 6.07 Å². The molecule has 2 rings (SSSR count). The molecule has 2 heterocycles. The molecule has 2 aromatic heterocycles. The summed E-state index contributed by atoms with van der Waals surface area (Å²) in [6.07, 6.45) is 5.91. The van der Waals surface area contributed by atoms with Gasteiger partial charge < -0.3 is 9.30 Å². The summed E-state index contributed by atoms with van der Waals surface area (Å²) in [6, 6.07) is 2.27. The summed E-state index contributed by atoms with van der Waals surface area (Å²) in [5, 5.41) is 8.73. The second-order valence-corrected chi connectivity index (χ2v) is 4.68. The molecule has 0 fully saturated rings. The summed E-state index contributed by atoms with van der Waals surface area (Å²) in [7, 11) is 1.92. The van der Waals surface area contributed by atoms with E-state index in [1.807, 2.05) is 35.7 Å². The molecule has 0 aromatic carbocycles. The SMILES string of the molecule is CC(CC#N)N(C)c1nc(Br)cn2ccnc12. The van der Waals surface area contributed by atoms with Crippen molar-refractivity contribution in [3.63, 3.8) is 0 Å². The molecule has 0 N–H and O–H groups in total. The van der Waals surface area contributed by atoms with Gasteiger partial charge in [-0.1, -0.05) is 0 Å². The van der Waals surface area contributed by atoms with E-state index in [1.165, 1.54) is 0 Å². The van der Waals surface area contributed by atoms with E-state index in [-0.39, 0.29) is 6.04 Å². The molecule has 0 saturated heterocycles. The van der Waals surface area contributed by atoms with Crippen molar-refractivity contribution in [1.29, 1.82) is 5.26 Å². The van der Waals surface area contributed by atoms with E-state index in [1.54, 1.807) is 6.20 Å². The quantitative estimate of drug-likeness (QED) is 0.871. The average molecular weight is 294 g/mol. The predicted octanol–water partition coefficient (Wildman–Crippen LogP) is 2.23. The number of anilines is 1. The van der Waals surface area contributed by atoms with E-state index >= 15 is 0 Å². The lowest BCUT2D eigenvalue weighted by Gasteiger charge is -2.24. The summed E-state index contributed by atoms with van der Waals surface area (Å²) in [5.41, 5.74) is 0.792. The van der Waals surface area contributed by atoms with Gasteiger partial charge in [0.2, 0.25) is 0 Å². The Morgan fingerprint density at radius 2 is 2.41 bits per heavy atom. The number of imidazole rings is 1. The van der Waals surface area contributed by atoms with Gasteiger partial charge in [-0.25, -0.2) is 9.97 Å². The van der Waals surface area contributed by atoms with Crippen molar-refractivity contribution in [2.75, 3.05) is 11.9 Å². The van der Waals surface area contributed by atoms with Gasteiger partial charge in [-0.15, -0.1) is 0 Å². The smallest absolute Gasteiger partial charge is 0.180 e. The molecule has 5 nitrogen and oxygen atoms in total. The predicted molar refractivity (Wildman–Crippen MR) is 68.8 cm³/mol. The standard InChI is InChI=1S/C11H12BrN5/c1-8(3-4-13)16(2)11-10-14-5-6-17(10)7-9(12)15-11/h5-8H,3H2,1-2H3. The topological polar surface area (TPSA) is 57.2 Å². The van der Waals surface area contributed by atoms with Crippen LogP contribution in [0.2, 0.25) is 0 Å². The number of halogens is 1. The molecule has 0 amide bonds. The molecule has 0 aliphatic carbocycles. The molecule has 0 bridgehead atoms. The van der Waals surface area contributed by atoms with Crippen LogP contribution in [0.5, 0.6) is 0 Å². The van der Waals surface area contributed by atoms with Crippen molar-refractivity contribution in [2.45, 2.75) is 19.4 Å². The number of hydrogen-bond donors (Lipinski definition) is 0. The molecule has 0 aliphatic heterocycles. The zero-order valence-electron chi connectivity index (χ0n) is 9.63. The highest BCUT2D eigenvalue weighted by atomic mass is 79.9. The Morgan fingerprint density at radius 1 is 1.65 bits per heavy atom. The number of rotatable bonds is 3. The summed E-state index contributed by atoms with van der Waals surface area (Å²) in [6.45, 7) is 1.99. The maximum atomic E-state index is 8.73. The third kappa shape index (κ3) is 2.24. The highest BCUT2D eigenvalue weighted by Crippen LogP contribution is 2.22. The van der Waals surface area contributed by atoms with Crippen LogP contribution in [-0.4, -0.2) is 27.5 Å². The van der Waals surface area contributed by atoms with E-state index in [0.29, 0.717) is 6.42 Å². The Hall–Kier alpha value is -1.61. The van der Waals surface area contributed by atoms with Crippen LogP contribution in [0.15, 0.2) is 23.2 Å². The zero-order chi connectivity index (χ0) is 12.4. The van der Waals surface area contributed by atoms with Crippen molar-refractivity contribution in [1.82, 2.24) is 14.4 Å². The molecular formula is C11H12BrN5. The van der Waals surface area contributed by atoms with Crippen molar-refractivity contribution < 1.29 is 0 Å². The van der Waals surface area contributed by atoms with Crippen LogP contribution in [0.1, 0.15) is 13.3 Å². The summed E-state index contributed by atoms with van der Waals surface area (Å²) in [5.74, 6) is 0.770. The summed E-state index contributed by atoms with van der Waals surface area (Å²) in [4.78, 5) is 10.7. The lowest BCUT2D eigenvalue weighted by Crippen LogP contribution is -2.29. The molecular weight excluding hydrogens is 282 g/mol. The maximum Gasteiger partial charge on any atom is 0.180 e. The minimum atomic E-state index is 0.0994. The fourth-order valence-electron chi connectivity index (χ4n) is 1.60. The monoisotopic (exact) mass is 293 g/mol. The van der Waals surface area contributed by atoms with Gasteiger partial charge in [0.05, 0.1) is 12.5 Å². The van der Waals surface area contributed by atoms with Crippen LogP contribution < -0.4 is 4.90 Å². The highest BCUT2D eigenvalue weighted by molar-refractivity contribution is 9.10. The lowest BCUT2D eigenvalue weighted by atomic mass is 10.2. The van der Waals surface area contributed by atoms with Crippen molar-refractivity contribution in [2.24, 2.45) is 0 Å². The first-order valence-electron chi connectivity index (χ1n) is 5.22. The molecule has 0 saturated carbocycles. The average Bonchev–Trinajstić information content (AvgIpc) is 2.75. The first-order chi connectivity index (χ1) is 8.13. The fraction of sp³-hybridized carbons (Fsp3) is 0.364. The van der Waals surface area contributed by atoms with Crippen LogP contribution in [-0.2, 0) is 0 Å². The van der Waals surface area contributed by atoms with Gasteiger partial charge in [-0.3, -0.25) is 0 Å². The van der Waals surface area contributed by atoms with Crippen LogP contribution in [0.3, 0.4) is 0 Å². The number of fused-ring (bicyclic) bond motifs is 1. The maximum absolute atomic E-state index is 8.73.